The van der Waals surface area contributed by atoms with E-state index in [1.807, 2.05) is 55.5 Å². The number of nitrogens with zero attached hydrogens (tertiary/aromatic N) is 2. The Kier molecular flexibility index (Phi) is 4.73. The molecule has 1 aliphatic heterocycles. The standard InChI is InChI=1S/C20H19N5OS/c1-2-12(21)11-22-19(26)17-10-14-16(27-17)9-8-15-18(14)25-20(24-15)23-13-6-4-3-5-7-13/h3-10,12H,2,11,21H2,1H3,(H,22,26)/p+1. The van der Waals surface area contributed by atoms with Gasteiger partial charge in [-0.1, -0.05) is 30.1 Å². The van der Waals surface area contributed by atoms with Gasteiger partial charge in [0.05, 0.1) is 4.88 Å². The number of anilines is 1. The Morgan fingerprint density at radius 3 is 2.85 bits per heavy atom. The summed E-state index contributed by atoms with van der Waals surface area (Å²) >= 11 is 1.45. The fraction of sp³-hybridized carbons (Fsp3) is 0.200. The summed E-state index contributed by atoms with van der Waals surface area (Å²) in [7, 11) is 0. The highest BCUT2D eigenvalue weighted by Crippen LogP contribution is 2.22. The van der Waals surface area contributed by atoms with Gasteiger partial charge in [-0.25, -0.2) is 9.98 Å². The second-order valence-corrected chi connectivity index (χ2v) is 7.46. The molecule has 6 nitrogen and oxygen atoms in total. The molecule has 0 aliphatic carbocycles. The van der Waals surface area contributed by atoms with Gasteiger partial charge in [-0.2, -0.15) is 0 Å². The lowest BCUT2D eigenvalue weighted by atomic mass is 10.2. The van der Waals surface area contributed by atoms with Crippen LogP contribution in [0.1, 0.15) is 23.0 Å². The predicted octanol–water partition coefficient (Wildman–Crippen LogP) is 1.16. The number of carbonyl (C=O) groups excluding carboxylic acids is 1. The number of guanidine groups is 1. The zero-order valence-electron chi connectivity index (χ0n) is 14.9. The first-order chi connectivity index (χ1) is 13.1. The monoisotopic (exact) mass is 378 g/mol. The van der Waals surface area contributed by atoms with Crippen molar-refractivity contribution in [3.8, 4) is 0 Å². The van der Waals surface area contributed by atoms with E-state index >= 15 is 0 Å². The van der Waals surface area contributed by atoms with E-state index in [9.17, 15) is 4.79 Å². The Morgan fingerprint density at radius 2 is 2.07 bits per heavy atom. The zero-order valence-corrected chi connectivity index (χ0v) is 15.7. The van der Waals surface area contributed by atoms with Crippen LogP contribution in [0.5, 0.6) is 0 Å². The van der Waals surface area contributed by atoms with Crippen molar-refractivity contribution in [3.05, 3.63) is 64.1 Å². The van der Waals surface area contributed by atoms with E-state index < -0.39 is 0 Å². The molecular weight excluding hydrogens is 358 g/mol. The maximum absolute atomic E-state index is 12.4. The Hall–Kier alpha value is -2.99. The number of rotatable bonds is 5. The molecule has 0 fully saturated rings. The summed E-state index contributed by atoms with van der Waals surface area (Å²) in [5.74, 6) is 0.449. The van der Waals surface area contributed by atoms with Crippen LogP contribution >= 0.6 is 11.3 Å². The fourth-order valence-corrected chi connectivity index (χ4v) is 3.79. The van der Waals surface area contributed by atoms with Crippen molar-refractivity contribution in [3.63, 3.8) is 0 Å². The number of nitrogens with two attached hydrogens (primary N) is 1. The molecule has 4 rings (SSSR count). The molecule has 3 aromatic rings. The van der Waals surface area contributed by atoms with Gasteiger partial charge >= 0.3 is 5.96 Å². The van der Waals surface area contributed by atoms with Crippen LogP contribution in [0.15, 0.2) is 53.5 Å². The maximum Gasteiger partial charge on any atom is 0.486 e. The van der Waals surface area contributed by atoms with Gasteiger partial charge in [-0.15, -0.1) is 11.3 Å². The van der Waals surface area contributed by atoms with Gasteiger partial charge in [0.15, 0.2) is 0 Å². The third-order valence-electron chi connectivity index (χ3n) is 4.40. The van der Waals surface area contributed by atoms with Gasteiger partial charge in [0, 0.05) is 22.7 Å². The minimum atomic E-state index is -0.101. The van der Waals surface area contributed by atoms with Crippen molar-refractivity contribution in [1.82, 2.24) is 9.98 Å². The van der Waals surface area contributed by atoms with Crippen LogP contribution in [0, 0.1) is 0 Å². The van der Waals surface area contributed by atoms with Crippen molar-refractivity contribution in [2.24, 2.45) is 10.7 Å². The predicted molar refractivity (Wildman–Crippen MR) is 110 cm³/mol. The van der Waals surface area contributed by atoms with Gasteiger partial charge in [-0.3, -0.25) is 4.79 Å². The van der Waals surface area contributed by atoms with Gasteiger partial charge in [-0.05, 0) is 36.8 Å². The molecule has 2 aromatic carbocycles. The Bertz CT molecular complexity index is 1160. The third-order valence-corrected chi connectivity index (χ3v) is 5.50. The topological polar surface area (TPSA) is 93.6 Å². The van der Waals surface area contributed by atoms with E-state index in [1.54, 1.807) is 0 Å². The molecule has 1 aromatic heterocycles. The van der Waals surface area contributed by atoms with Gasteiger partial charge in [0.25, 0.3) is 5.91 Å². The molecule has 4 N–H and O–H groups in total. The van der Waals surface area contributed by atoms with Crippen LogP contribution in [0.2, 0.25) is 0 Å². The van der Waals surface area contributed by atoms with E-state index in [2.05, 4.69) is 20.3 Å². The van der Waals surface area contributed by atoms with Gasteiger partial charge < -0.3 is 11.1 Å². The van der Waals surface area contributed by atoms with Crippen molar-refractivity contribution in [2.45, 2.75) is 19.4 Å². The molecule has 1 amide bonds. The van der Waals surface area contributed by atoms with E-state index in [1.165, 1.54) is 11.3 Å². The number of amides is 1. The molecule has 0 spiro atoms. The summed E-state index contributed by atoms with van der Waals surface area (Å²) in [5, 5.41) is 8.65. The molecule has 1 aliphatic rings. The Balaban J connectivity index is 1.62. The van der Waals surface area contributed by atoms with Crippen LogP contribution < -0.4 is 31.7 Å². The number of hydrogen-bond donors (Lipinski definition) is 3. The van der Waals surface area contributed by atoms with Gasteiger partial charge in [0.1, 0.15) is 5.69 Å². The Morgan fingerprint density at radius 1 is 1.26 bits per heavy atom. The number of para-hydroxylation sites is 1. The highest BCUT2D eigenvalue weighted by atomic mass is 32.1. The van der Waals surface area contributed by atoms with E-state index in [-0.39, 0.29) is 11.9 Å². The lowest BCUT2D eigenvalue weighted by Crippen LogP contribution is -2.36. The van der Waals surface area contributed by atoms with Crippen molar-refractivity contribution < 1.29 is 4.79 Å². The zero-order chi connectivity index (χ0) is 18.8. The first-order valence-electron chi connectivity index (χ1n) is 8.87. The number of benzene rings is 2. The fourth-order valence-electron chi connectivity index (χ4n) is 2.81. The van der Waals surface area contributed by atoms with E-state index in [0.29, 0.717) is 17.4 Å². The van der Waals surface area contributed by atoms with Crippen LogP contribution in [-0.2, 0) is 0 Å². The average molecular weight is 378 g/mol. The molecule has 0 radical (unpaired) electrons. The normalized spacial score (nSPS) is 13.3. The first-order valence-corrected chi connectivity index (χ1v) is 9.68. The number of thiophene rings is 1. The van der Waals surface area contributed by atoms with Crippen LogP contribution in [-0.4, -0.2) is 24.5 Å². The number of fused-ring (bicyclic) bond motifs is 3. The summed E-state index contributed by atoms with van der Waals surface area (Å²) in [6.07, 6.45) is 0.827. The molecule has 27 heavy (non-hydrogen) atoms. The molecule has 0 bridgehead atoms. The highest BCUT2D eigenvalue weighted by Gasteiger charge is 2.19. The average Bonchev–Trinajstić information content (AvgIpc) is 3.29. The lowest BCUT2D eigenvalue weighted by Gasteiger charge is -2.08. The largest absolute Gasteiger partial charge is 0.486 e. The number of hydrogen-bond acceptors (Lipinski definition) is 5. The lowest BCUT2D eigenvalue weighted by molar-refractivity contribution is 0.0955. The maximum atomic E-state index is 12.4. The minimum Gasteiger partial charge on any atom is -0.350 e. The molecule has 1 atom stereocenters. The first kappa shape index (κ1) is 17.4. The van der Waals surface area contributed by atoms with Crippen LogP contribution in [0.3, 0.4) is 0 Å². The summed E-state index contributed by atoms with van der Waals surface area (Å²) in [6.45, 7) is 2.47. The Labute approximate surface area is 160 Å². The van der Waals surface area contributed by atoms with Crippen LogP contribution in [0.25, 0.3) is 10.1 Å². The SMILES string of the molecule is CCC(N)CNC(=O)c1cc2c3c(ccc2s1)=[N+]=C(Nc1ccccc1)N=3. The van der Waals surface area contributed by atoms with Gasteiger partial charge in [0.2, 0.25) is 10.7 Å². The molecular formula is C20H20N5OS+. The molecule has 0 saturated heterocycles. The van der Waals surface area contributed by atoms with Crippen LogP contribution in [0.4, 0.5) is 5.69 Å². The number of carbonyl (C=O) groups is 1. The summed E-state index contributed by atoms with van der Waals surface area (Å²) < 4.78 is 5.56. The molecule has 136 valence electrons. The quantitative estimate of drug-likeness (QED) is 0.582. The summed E-state index contributed by atoms with van der Waals surface area (Å²) in [5.41, 5.74) is 6.81. The smallest absolute Gasteiger partial charge is 0.350 e. The van der Waals surface area contributed by atoms with E-state index in [0.717, 1.165) is 32.9 Å². The summed E-state index contributed by atoms with van der Waals surface area (Å²) in [6, 6.07) is 15.6. The number of nitrogens with one attached hydrogen (secondary N) is 2. The molecule has 2 heterocycles. The second-order valence-electron chi connectivity index (χ2n) is 6.37. The molecule has 1 unspecified atom stereocenters. The van der Waals surface area contributed by atoms with Crippen molar-refractivity contribution in [2.75, 3.05) is 11.9 Å². The van der Waals surface area contributed by atoms with Crippen molar-refractivity contribution >= 4 is 39.0 Å². The molecule has 0 saturated carbocycles. The highest BCUT2D eigenvalue weighted by molar-refractivity contribution is 7.20. The van der Waals surface area contributed by atoms with E-state index in [4.69, 9.17) is 5.73 Å². The summed E-state index contributed by atoms with van der Waals surface area (Å²) in [4.78, 5) is 17.7. The van der Waals surface area contributed by atoms with Crippen molar-refractivity contribution in [1.29, 1.82) is 0 Å². The minimum absolute atomic E-state index is 0.0254. The third kappa shape index (κ3) is 3.61. The second kappa shape index (κ2) is 7.32. The molecule has 7 heteroatoms.